The van der Waals surface area contributed by atoms with Crippen molar-refractivity contribution in [3.8, 4) is 12.8 Å². The summed E-state index contributed by atoms with van der Waals surface area (Å²) in [6.45, 7) is 7.80. The van der Waals surface area contributed by atoms with Crippen molar-refractivity contribution >= 4 is 28.8 Å². The normalized spacial score (nSPS) is 11.6. The summed E-state index contributed by atoms with van der Waals surface area (Å²) in [7, 11) is 2.74. The van der Waals surface area contributed by atoms with Gasteiger partial charge in [0.15, 0.2) is 0 Å². The Labute approximate surface area is 238 Å². The minimum Gasteiger partial charge on any atom is -0.400 e. The van der Waals surface area contributed by atoms with Crippen molar-refractivity contribution < 1.29 is 19.4 Å². The number of terminal acetylenes is 1. The maximum Gasteiger partial charge on any atom is 0.251 e. The molecule has 9 heteroatoms. The molecular formula is C30H44N4O4S. The Kier molecular flexibility index (Phi) is 18.4. The van der Waals surface area contributed by atoms with E-state index in [4.69, 9.17) is 14.6 Å². The highest BCUT2D eigenvalue weighted by molar-refractivity contribution is 7.97. The van der Waals surface area contributed by atoms with Gasteiger partial charge in [0.25, 0.3) is 5.91 Å². The van der Waals surface area contributed by atoms with Crippen molar-refractivity contribution in [2.24, 2.45) is 0 Å². The molecule has 1 aliphatic carbocycles. The number of carbonyl (C=O) groups is 1. The molecular weight excluding hydrogens is 512 g/mol. The van der Waals surface area contributed by atoms with E-state index in [1.165, 1.54) is 46.9 Å². The molecule has 0 atom stereocenters. The third-order valence-corrected chi connectivity index (χ3v) is 6.69. The highest BCUT2D eigenvalue weighted by Gasteiger charge is 2.20. The van der Waals surface area contributed by atoms with Crippen molar-refractivity contribution in [2.75, 3.05) is 47.1 Å². The van der Waals surface area contributed by atoms with Crippen LogP contribution in [-0.4, -0.2) is 67.7 Å². The quantitative estimate of drug-likeness (QED) is 0.172. The number of aliphatic hydroxyl groups excluding tert-OH is 1. The number of methoxy groups -OCH3 is 1. The van der Waals surface area contributed by atoms with Crippen LogP contribution in [0.5, 0.6) is 0 Å². The SMILES string of the molecule is C#C.CC.CO.COCCn1c2c(c3cc(C(=O)NCCOCCNSc4cccnc4)ccc31)CCCC2. The molecule has 3 N–H and O–H groups in total. The fourth-order valence-electron chi connectivity index (χ4n) is 4.31. The predicted octanol–water partition coefficient (Wildman–Crippen LogP) is 4.49. The summed E-state index contributed by atoms with van der Waals surface area (Å²) in [5.74, 6) is -0.0556. The maximum atomic E-state index is 12.7. The van der Waals surface area contributed by atoms with E-state index in [2.05, 4.69) is 44.6 Å². The van der Waals surface area contributed by atoms with Gasteiger partial charge in [-0.2, -0.15) is 0 Å². The number of ether oxygens (including phenoxy) is 2. The number of nitrogens with one attached hydrogen (secondary N) is 2. The van der Waals surface area contributed by atoms with Crippen LogP contribution in [-0.2, 0) is 28.9 Å². The number of rotatable bonds is 12. The molecule has 39 heavy (non-hydrogen) atoms. The number of pyridine rings is 1. The van der Waals surface area contributed by atoms with Gasteiger partial charge in [-0.3, -0.25) is 14.5 Å². The van der Waals surface area contributed by atoms with E-state index in [0.717, 1.165) is 37.9 Å². The molecule has 3 aromatic rings. The Morgan fingerprint density at radius 2 is 1.85 bits per heavy atom. The molecule has 8 nitrogen and oxygen atoms in total. The van der Waals surface area contributed by atoms with Gasteiger partial charge in [-0.15, -0.1) is 12.8 Å². The average Bonchev–Trinajstić information content (AvgIpc) is 3.33. The Bertz CT molecular complexity index is 1100. The summed E-state index contributed by atoms with van der Waals surface area (Å²) in [6.07, 6.45) is 16.2. The van der Waals surface area contributed by atoms with Crippen molar-refractivity contribution in [3.63, 3.8) is 0 Å². The first-order chi connectivity index (χ1) is 19.3. The van der Waals surface area contributed by atoms with Gasteiger partial charge in [-0.25, -0.2) is 0 Å². The van der Waals surface area contributed by atoms with Gasteiger partial charge in [-0.05, 0) is 73.5 Å². The lowest BCUT2D eigenvalue weighted by Gasteiger charge is -2.15. The van der Waals surface area contributed by atoms with E-state index in [1.54, 1.807) is 13.3 Å². The number of benzene rings is 1. The van der Waals surface area contributed by atoms with Crippen molar-refractivity contribution in [3.05, 3.63) is 59.5 Å². The number of aryl methyl sites for hydroxylation is 1. The molecule has 0 radical (unpaired) electrons. The minimum atomic E-state index is -0.0556. The van der Waals surface area contributed by atoms with Crippen LogP contribution < -0.4 is 10.0 Å². The Morgan fingerprint density at radius 3 is 2.56 bits per heavy atom. The van der Waals surface area contributed by atoms with Crippen LogP contribution in [0.25, 0.3) is 10.9 Å². The first-order valence-corrected chi connectivity index (χ1v) is 14.2. The second kappa shape index (κ2) is 21.0. The van der Waals surface area contributed by atoms with E-state index in [1.807, 2.05) is 38.2 Å². The highest BCUT2D eigenvalue weighted by atomic mass is 32.2. The summed E-state index contributed by atoms with van der Waals surface area (Å²) in [4.78, 5) is 17.9. The first kappa shape index (κ1) is 34.2. The van der Waals surface area contributed by atoms with Crippen LogP contribution >= 0.6 is 11.9 Å². The van der Waals surface area contributed by atoms with Crippen LogP contribution in [0.3, 0.4) is 0 Å². The molecule has 214 valence electrons. The van der Waals surface area contributed by atoms with Crippen molar-refractivity contribution in [1.82, 2.24) is 19.6 Å². The summed E-state index contributed by atoms with van der Waals surface area (Å²) >= 11 is 1.53. The smallest absolute Gasteiger partial charge is 0.251 e. The predicted molar refractivity (Wildman–Crippen MR) is 161 cm³/mol. The van der Waals surface area contributed by atoms with Gasteiger partial charge in [0.2, 0.25) is 0 Å². The van der Waals surface area contributed by atoms with Crippen molar-refractivity contribution in [1.29, 1.82) is 0 Å². The molecule has 0 bridgehead atoms. The second-order valence-electron chi connectivity index (χ2n) is 8.06. The van der Waals surface area contributed by atoms with Gasteiger partial charge < -0.3 is 24.5 Å². The van der Waals surface area contributed by atoms with Gasteiger partial charge in [0, 0.05) is 73.3 Å². The Balaban J connectivity index is 0.00000119. The lowest BCUT2D eigenvalue weighted by atomic mass is 9.95. The number of aliphatic hydroxyl groups is 1. The van der Waals surface area contributed by atoms with E-state index >= 15 is 0 Å². The molecule has 0 fully saturated rings. The van der Waals surface area contributed by atoms with Gasteiger partial charge in [0.05, 0.1) is 19.8 Å². The van der Waals surface area contributed by atoms with E-state index in [0.29, 0.717) is 31.9 Å². The highest BCUT2D eigenvalue weighted by Crippen LogP contribution is 2.32. The largest absolute Gasteiger partial charge is 0.400 e. The molecule has 1 aromatic carbocycles. The molecule has 0 unspecified atom stereocenters. The van der Waals surface area contributed by atoms with Crippen LogP contribution in [0.1, 0.15) is 48.3 Å². The van der Waals surface area contributed by atoms with Crippen molar-refractivity contribution in [2.45, 2.75) is 51.0 Å². The lowest BCUT2D eigenvalue weighted by Crippen LogP contribution is -2.28. The molecule has 1 aliphatic rings. The summed E-state index contributed by atoms with van der Waals surface area (Å²) in [5.41, 5.74) is 4.72. The lowest BCUT2D eigenvalue weighted by molar-refractivity contribution is 0.0919. The Hall–Kier alpha value is -2.87. The van der Waals surface area contributed by atoms with E-state index in [9.17, 15) is 4.79 Å². The number of aromatic nitrogens is 2. The summed E-state index contributed by atoms with van der Waals surface area (Å²) in [6, 6.07) is 9.97. The molecule has 2 aromatic heterocycles. The van der Waals surface area contributed by atoms with Crippen LogP contribution in [0.4, 0.5) is 0 Å². The molecule has 1 amide bonds. The summed E-state index contributed by atoms with van der Waals surface area (Å²) < 4.78 is 16.6. The van der Waals surface area contributed by atoms with Gasteiger partial charge >= 0.3 is 0 Å². The monoisotopic (exact) mass is 556 g/mol. The maximum absolute atomic E-state index is 12.7. The average molecular weight is 557 g/mol. The topological polar surface area (TPSA) is 97.6 Å². The van der Waals surface area contributed by atoms with Gasteiger partial charge in [0.1, 0.15) is 0 Å². The third kappa shape index (κ3) is 10.7. The van der Waals surface area contributed by atoms with Gasteiger partial charge in [-0.1, -0.05) is 13.8 Å². The Morgan fingerprint density at radius 1 is 1.10 bits per heavy atom. The molecule has 0 saturated carbocycles. The molecule has 2 heterocycles. The third-order valence-electron chi connectivity index (χ3n) is 5.86. The molecule has 4 rings (SSSR count). The first-order valence-electron chi connectivity index (χ1n) is 13.3. The number of hydrogen-bond acceptors (Lipinski definition) is 7. The number of hydrogen-bond donors (Lipinski definition) is 3. The fourth-order valence-corrected chi connectivity index (χ4v) is 4.92. The number of fused-ring (bicyclic) bond motifs is 3. The molecule has 0 aliphatic heterocycles. The zero-order valence-electron chi connectivity index (χ0n) is 23.7. The minimum absolute atomic E-state index is 0.0556. The number of nitrogens with zero attached hydrogens (tertiary/aromatic N) is 2. The molecule has 0 saturated heterocycles. The number of amides is 1. The molecule has 0 spiro atoms. The second-order valence-corrected chi connectivity index (χ2v) is 9.03. The fraction of sp³-hybridized carbons (Fsp3) is 0.467. The summed E-state index contributed by atoms with van der Waals surface area (Å²) in [5, 5.41) is 11.2. The zero-order valence-corrected chi connectivity index (χ0v) is 24.6. The number of carbonyl (C=O) groups excluding carboxylic acids is 1. The van der Waals surface area contributed by atoms with Crippen LogP contribution in [0.15, 0.2) is 47.6 Å². The standard InChI is InChI=1S/C25H32N4O3S.C2H6.C2H2.CH4O/c1-31-16-13-29-23-7-3-2-6-21(23)22-17-19(8-9-24(22)29)25(30)27-11-14-32-15-12-28-33-20-5-4-10-26-18-20;3*1-2/h4-5,8-10,17-18,28H,2-3,6-7,11-16H2,1H3,(H,27,30);1-2H3;1-2H;2H,1H3. The zero-order chi connectivity index (χ0) is 28.9. The van der Waals surface area contributed by atoms with Crippen LogP contribution in [0, 0.1) is 12.8 Å². The van der Waals surface area contributed by atoms with E-state index in [-0.39, 0.29) is 5.91 Å². The van der Waals surface area contributed by atoms with Crippen LogP contribution in [0.2, 0.25) is 0 Å². The van der Waals surface area contributed by atoms with E-state index < -0.39 is 0 Å².